The molecule has 2 fully saturated rings. The van der Waals surface area contributed by atoms with Crippen molar-refractivity contribution in [1.29, 1.82) is 0 Å². The van der Waals surface area contributed by atoms with Gasteiger partial charge in [0.1, 0.15) is 0 Å². The molecule has 0 spiro atoms. The zero-order valence-electron chi connectivity index (χ0n) is 14.9. The summed E-state index contributed by atoms with van der Waals surface area (Å²) < 4.78 is 28.7. The normalized spacial score (nSPS) is 27.9. The SMILES string of the molecule is CC(C)(C)c1nc2ccc(S(=O)(=O)N3CC4CCC(N)C4C3)cc2s1. The fourth-order valence-corrected chi connectivity index (χ4v) is 6.70. The third-order valence-electron chi connectivity index (χ3n) is 5.52. The van der Waals surface area contributed by atoms with Crippen LogP contribution in [0.5, 0.6) is 0 Å². The maximum absolute atomic E-state index is 13.1. The molecule has 136 valence electrons. The Morgan fingerprint density at radius 3 is 2.68 bits per heavy atom. The summed E-state index contributed by atoms with van der Waals surface area (Å²) in [7, 11) is -3.47. The average molecular weight is 380 g/mol. The van der Waals surface area contributed by atoms with Gasteiger partial charge in [-0.2, -0.15) is 4.31 Å². The molecular formula is C18H25N3O2S2. The molecule has 1 aromatic carbocycles. The molecule has 25 heavy (non-hydrogen) atoms. The lowest BCUT2D eigenvalue weighted by atomic mass is 9.98. The maximum Gasteiger partial charge on any atom is 0.243 e. The van der Waals surface area contributed by atoms with Crippen LogP contribution >= 0.6 is 11.3 Å². The number of nitrogens with zero attached hydrogens (tertiary/aromatic N) is 2. The first kappa shape index (κ1) is 17.4. The molecule has 2 aliphatic rings. The highest BCUT2D eigenvalue weighted by atomic mass is 32.2. The van der Waals surface area contributed by atoms with Gasteiger partial charge in [0.05, 0.1) is 20.1 Å². The molecule has 1 aliphatic carbocycles. The predicted octanol–water partition coefficient (Wildman–Crippen LogP) is 2.95. The number of fused-ring (bicyclic) bond motifs is 2. The number of sulfonamides is 1. The van der Waals surface area contributed by atoms with Crippen LogP contribution in [0, 0.1) is 11.8 Å². The van der Waals surface area contributed by atoms with Gasteiger partial charge in [-0.15, -0.1) is 11.3 Å². The lowest BCUT2D eigenvalue weighted by Gasteiger charge is -2.18. The van der Waals surface area contributed by atoms with E-state index in [2.05, 4.69) is 25.8 Å². The fourth-order valence-electron chi connectivity index (χ4n) is 4.00. The number of aromatic nitrogens is 1. The standard InChI is InChI=1S/C18H25N3O2S2/c1-18(2,3)17-20-15-7-5-12(8-16(15)24-17)25(22,23)21-9-11-4-6-14(19)13(11)10-21/h5,7-8,11,13-14H,4,6,9-10,19H2,1-3H3. The highest BCUT2D eigenvalue weighted by molar-refractivity contribution is 7.89. The first-order valence-corrected chi connectivity index (χ1v) is 11.1. The van der Waals surface area contributed by atoms with Crippen molar-refractivity contribution in [1.82, 2.24) is 9.29 Å². The lowest BCUT2D eigenvalue weighted by molar-refractivity contribution is 0.427. The van der Waals surface area contributed by atoms with Crippen molar-refractivity contribution in [3.63, 3.8) is 0 Å². The Bertz CT molecular complexity index is 914. The Morgan fingerprint density at radius 1 is 1.24 bits per heavy atom. The molecule has 4 rings (SSSR count). The van der Waals surface area contributed by atoms with Crippen LogP contribution < -0.4 is 5.73 Å². The second-order valence-corrected chi connectivity index (χ2v) is 11.4. The zero-order chi connectivity index (χ0) is 18.0. The molecule has 3 atom stereocenters. The first-order valence-electron chi connectivity index (χ1n) is 8.83. The molecule has 3 unspecified atom stereocenters. The van der Waals surface area contributed by atoms with Crippen LogP contribution in [0.15, 0.2) is 23.1 Å². The summed E-state index contributed by atoms with van der Waals surface area (Å²) in [6, 6.07) is 5.45. The minimum Gasteiger partial charge on any atom is -0.327 e. The van der Waals surface area contributed by atoms with E-state index in [9.17, 15) is 8.42 Å². The van der Waals surface area contributed by atoms with Gasteiger partial charge >= 0.3 is 0 Å². The summed E-state index contributed by atoms with van der Waals surface area (Å²) in [5.74, 6) is 0.735. The van der Waals surface area contributed by atoms with Gasteiger partial charge in [0, 0.05) is 24.5 Å². The molecule has 0 amide bonds. The third-order valence-corrected chi connectivity index (χ3v) is 8.79. The Hall–Kier alpha value is -1.02. The van der Waals surface area contributed by atoms with Crippen molar-refractivity contribution in [3.05, 3.63) is 23.2 Å². The third kappa shape index (κ3) is 2.91. The Morgan fingerprint density at radius 2 is 2.00 bits per heavy atom. The second-order valence-electron chi connectivity index (χ2n) is 8.39. The smallest absolute Gasteiger partial charge is 0.243 e. The Kier molecular flexibility index (Phi) is 3.99. The van der Waals surface area contributed by atoms with E-state index >= 15 is 0 Å². The average Bonchev–Trinajstić information content (AvgIpc) is 3.21. The van der Waals surface area contributed by atoms with Gasteiger partial charge in [0.2, 0.25) is 10.0 Å². The van der Waals surface area contributed by atoms with E-state index in [4.69, 9.17) is 5.73 Å². The van der Waals surface area contributed by atoms with E-state index in [0.29, 0.717) is 29.8 Å². The molecule has 0 radical (unpaired) electrons. The maximum atomic E-state index is 13.1. The minimum atomic E-state index is -3.47. The van der Waals surface area contributed by atoms with Crippen molar-refractivity contribution in [2.75, 3.05) is 13.1 Å². The topological polar surface area (TPSA) is 76.3 Å². The van der Waals surface area contributed by atoms with E-state index in [1.807, 2.05) is 6.07 Å². The largest absolute Gasteiger partial charge is 0.327 e. The summed E-state index contributed by atoms with van der Waals surface area (Å²) >= 11 is 1.58. The molecular weight excluding hydrogens is 354 g/mol. The van der Waals surface area contributed by atoms with Crippen LogP contribution in [0.3, 0.4) is 0 Å². The zero-order valence-corrected chi connectivity index (χ0v) is 16.5. The number of thiazole rings is 1. The molecule has 5 nitrogen and oxygen atoms in total. The van der Waals surface area contributed by atoms with Gasteiger partial charge in [-0.25, -0.2) is 13.4 Å². The van der Waals surface area contributed by atoms with E-state index in [1.54, 1.807) is 27.8 Å². The van der Waals surface area contributed by atoms with E-state index in [1.165, 1.54) is 0 Å². The van der Waals surface area contributed by atoms with Crippen molar-refractivity contribution in [3.8, 4) is 0 Å². The molecule has 1 aromatic heterocycles. The van der Waals surface area contributed by atoms with Crippen molar-refractivity contribution >= 4 is 31.6 Å². The van der Waals surface area contributed by atoms with Crippen LogP contribution in [-0.2, 0) is 15.4 Å². The summed E-state index contributed by atoms with van der Waals surface area (Å²) in [6.45, 7) is 7.52. The van der Waals surface area contributed by atoms with Crippen LogP contribution in [0.4, 0.5) is 0 Å². The lowest BCUT2D eigenvalue weighted by Crippen LogP contribution is -2.33. The monoisotopic (exact) mass is 379 g/mol. The van der Waals surface area contributed by atoms with Crippen molar-refractivity contribution < 1.29 is 8.42 Å². The first-order chi connectivity index (χ1) is 11.7. The van der Waals surface area contributed by atoms with E-state index in [0.717, 1.165) is 28.1 Å². The van der Waals surface area contributed by atoms with Crippen LogP contribution in [0.1, 0.15) is 38.6 Å². The van der Waals surface area contributed by atoms with Gasteiger partial charge in [-0.1, -0.05) is 20.8 Å². The molecule has 1 saturated carbocycles. The summed E-state index contributed by atoms with van der Waals surface area (Å²) in [4.78, 5) is 5.03. The summed E-state index contributed by atoms with van der Waals surface area (Å²) in [6.07, 6.45) is 2.06. The number of hydrogen-bond donors (Lipinski definition) is 1. The highest BCUT2D eigenvalue weighted by Crippen LogP contribution is 2.40. The molecule has 2 N–H and O–H groups in total. The van der Waals surface area contributed by atoms with Crippen LogP contribution in [-0.4, -0.2) is 36.8 Å². The molecule has 7 heteroatoms. The van der Waals surface area contributed by atoms with Gasteiger partial charge < -0.3 is 5.73 Å². The van der Waals surface area contributed by atoms with Gasteiger partial charge in [0.15, 0.2) is 0 Å². The number of nitrogens with two attached hydrogens (primary N) is 1. The quantitative estimate of drug-likeness (QED) is 0.870. The van der Waals surface area contributed by atoms with Crippen molar-refractivity contribution in [2.45, 2.75) is 50.0 Å². The van der Waals surface area contributed by atoms with E-state index < -0.39 is 10.0 Å². The molecule has 0 bridgehead atoms. The number of benzene rings is 1. The van der Waals surface area contributed by atoms with Gasteiger partial charge in [-0.3, -0.25) is 0 Å². The summed E-state index contributed by atoms with van der Waals surface area (Å²) in [5.41, 5.74) is 6.99. The van der Waals surface area contributed by atoms with Gasteiger partial charge in [-0.05, 0) is 42.9 Å². The molecule has 1 aliphatic heterocycles. The predicted molar refractivity (Wildman–Crippen MR) is 101 cm³/mol. The summed E-state index contributed by atoms with van der Waals surface area (Å²) in [5, 5.41) is 1.03. The van der Waals surface area contributed by atoms with Crippen LogP contribution in [0.25, 0.3) is 10.2 Å². The van der Waals surface area contributed by atoms with Crippen molar-refractivity contribution in [2.24, 2.45) is 17.6 Å². The Balaban J connectivity index is 1.66. The van der Waals surface area contributed by atoms with E-state index in [-0.39, 0.29) is 11.5 Å². The molecule has 2 aromatic rings. The number of rotatable bonds is 2. The van der Waals surface area contributed by atoms with Crippen LogP contribution in [0.2, 0.25) is 0 Å². The molecule has 2 heterocycles. The minimum absolute atomic E-state index is 0.0364. The fraction of sp³-hybridized carbons (Fsp3) is 0.611. The molecule has 1 saturated heterocycles. The highest BCUT2D eigenvalue weighted by Gasteiger charge is 2.45. The van der Waals surface area contributed by atoms with Gasteiger partial charge in [0.25, 0.3) is 0 Å². The second kappa shape index (κ2) is 5.74. The Labute approximate surface area is 153 Å². The number of hydrogen-bond acceptors (Lipinski definition) is 5.